The van der Waals surface area contributed by atoms with Gasteiger partial charge < -0.3 is 5.32 Å². The molecule has 10 radical (unpaired) electrons. The van der Waals surface area contributed by atoms with Crippen LogP contribution in [-0.2, 0) is 21.9 Å². The summed E-state index contributed by atoms with van der Waals surface area (Å²) >= 11 is 0. The molecule has 3 heteroatoms. The van der Waals surface area contributed by atoms with E-state index in [1.54, 1.807) is 0 Å². The van der Waals surface area contributed by atoms with E-state index in [9.17, 15) is 4.79 Å². The first-order valence-corrected chi connectivity index (χ1v) is 6.47. The molecule has 0 atom stereocenters. The van der Waals surface area contributed by atoms with Crippen LogP contribution in [0, 0.1) is 63.7 Å². The number of hydrogen-bond acceptors (Lipinski definition) is 1. The number of carbonyl (C=O) groups excluding carboxylic acids is 1. The standard InChI is InChI=1S/C11H16NO.C5H5.Fe/c1-2-3-8-12-11(13)9-10-6-4-5-7-10;1-2-4-5-3-1;/h4-7H,2-3,8-9H2,1H3,(H,12,13);1-5H;. The first kappa shape index (κ1) is 19.0. The molecule has 104 valence electrons. The third-order valence-electron chi connectivity index (χ3n) is 2.50. The van der Waals surface area contributed by atoms with E-state index >= 15 is 0 Å². The smallest absolute Gasteiger partial charge is 0.220 e. The summed E-state index contributed by atoms with van der Waals surface area (Å²) in [5, 5.41) is 2.88. The maximum atomic E-state index is 11.3. The number of rotatable bonds is 5. The number of unbranched alkanes of at least 4 members (excludes halogenated alkanes) is 1. The molecule has 2 fully saturated rings. The van der Waals surface area contributed by atoms with Gasteiger partial charge in [0, 0.05) is 30.0 Å². The minimum absolute atomic E-state index is 0. The van der Waals surface area contributed by atoms with Crippen molar-refractivity contribution in [1.29, 1.82) is 0 Å². The Morgan fingerprint density at radius 3 is 2.00 bits per heavy atom. The monoisotopic (exact) mass is 299 g/mol. The Bertz CT molecular complexity index is 203. The van der Waals surface area contributed by atoms with Crippen LogP contribution in [0.25, 0.3) is 0 Å². The second-order valence-electron chi connectivity index (χ2n) is 4.14. The molecule has 0 saturated heterocycles. The van der Waals surface area contributed by atoms with E-state index in [4.69, 9.17) is 0 Å². The second-order valence-corrected chi connectivity index (χ2v) is 4.14. The molecule has 19 heavy (non-hydrogen) atoms. The second kappa shape index (κ2) is 13.0. The molecule has 0 aliphatic heterocycles. The molecule has 1 amide bonds. The third kappa shape index (κ3) is 10.4. The van der Waals surface area contributed by atoms with Crippen LogP contribution < -0.4 is 5.32 Å². The van der Waals surface area contributed by atoms with E-state index in [0.29, 0.717) is 6.42 Å². The predicted molar refractivity (Wildman–Crippen MR) is 74.5 cm³/mol. The molecule has 0 aromatic heterocycles. The molecule has 2 saturated carbocycles. The van der Waals surface area contributed by atoms with Crippen molar-refractivity contribution < 1.29 is 21.9 Å². The molecule has 2 rings (SSSR count). The fourth-order valence-corrected chi connectivity index (χ4v) is 1.50. The molecule has 0 unspecified atom stereocenters. The number of nitrogens with one attached hydrogen (secondary N) is 1. The van der Waals surface area contributed by atoms with E-state index < -0.39 is 0 Å². The molecule has 0 spiro atoms. The van der Waals surface area contributed by atoms with Crippen molar-refractivity contribution in [1.82, 2.24) is 5.32 Å². The maximum Gasteiger partial charge on any atom is 0.220 e. The number of carbonyl (C=O) groups is 1. The zero-order valence-corrected chi connectivity index (χ0v) is 12.4. The van der Waals surface area contributed by atoms with Crippen LogP contribution in [-0.4, -0.2) is 12.5 Å². The molecule has 2 nitrogen and oxygen atoms in total. The van der Waals surface area contributed by atoms with Crippen molar-refractivity contribution in [3.05, 3.63) is 63.7 Å². The van der Waals surface area contributed by atoms with Crippen LogP contribution >= 0.6 is 0 Å². The topological polar surface area (TPSA) is 29.1 Å². The summed E-state index contributed by atoms with van der Waals surface area (Å²) in [6.45, 7) is 2.92. The zero-order chi connectivity index (χ0) is 13.1. The Hall–Kier alpha value is -0.0105. The minimum Gasteiger partial charge on any atom is -0.356 e. The van der Waals surface area contributed by atoms with Gasteiger partial charge in [0.25, 0.3) is 0 Å². The van der Waals surface area contributed by atoms with Crippen LogP contribution in [0.2, 0.25) is 0 Å². The van der Waals surface area contributed by atoms with Crippen molar-refractivity contribution in [2.75, 3.05) is 6.54 Å². The van der Waals surface area contributed by atoms with Crippen LogP contribution in [0.15, 0.2) is 0 Å². The summed E-state index contributed by atoms with van der Waals surface area (Å²) < 4.78 is 0. The SMILES string of the molecule is CCCCNC(=O)C[C]1[CH][CH][CH][CH]1.[CH]1[CH][CH][CH][CH]1.[Fe]. The van der Waals surface area contributed by atoms with Crippen LogP contribution in [0.5, 0.6) is 0 Å². The number of amides is 1. The Balaban J connectivity index is 0.000000454. The first-order chi connectivity index (χ1) is 8.83. The predicted octanol–water partition coefficient (Wildman–Crippen LogP) is 2.72. The third-order valence-corrected chi connectivity index (χ3v) is 2.50. The van der Waals surface area contributed by atoms with E-state index in [2.05, 4.69) is 12.2 Å². The first-order valence-electron chi connectivity index (χ1n) is 6.47. The van der Waals surface area contributed by atoms with Gasteiger partial charge in [-0.15, -0.1) is 0 Å². The molecule has 0 aromatic carbocycles. The van der Waals surface area contributed by atoms with Gasteiger partial charge in [-0.3, -0.25) is 4.79 Å². The van der Waals surface area contributed by atoms with E-state index in [1.807, 2.05) is 57.8 Å². The largest absolute Gasteiger partial charge is 0.356 e. The Labute approximate surface area is 130 Å². The zero-order valence-electron chi connectivity index (χ0n) is 11.3. The summed E-state index contributed by atoms with van der Waals surface area (Å²) in [6.07, 6.45) is 20.5. The average molecular weight is 299 g/mol. The van der Waals surface area contributed by atoms with E-state index in [-0.39, 0.29) is 23.0 Å². The van der Waals surface area contributed by atoms with Crippen LogP contribution in [0.3, 0.4) is 0 Å². The molecule has 2 aliphatic rings. The fraction of sp³-hybridized carbons (Fsp3) is 0.312. The van der Waals surface area contributed by atoms with Gasteiger partial charge in [-0.2, -0.15) is 0 Å². The molecule has 1 N–H and O–H groups in total. The molecular formula is C16H21FeNO. The summed E-state index contributed by atoms with van der Waals surface area (Å²) in [6, 6.07) is 0. The van der Waals surface area contributed by atoms with Gasteiger partial charge in [-0.25, -0.2) is 0 Å². The summed E-state index contributed by atoms with van der Waals surface area (Å²) in [5.74, 6) is 1.22. The minimum atomic E-state index is 0. The van der Waals surface area contributed by atoms with Crippen molar-refractivity contribution in [3.63, 3.8) is 0 Å². The van der Waals surface area contributed by atoms with Gasteiger partial charge in [0.05, 0.1) is 0 Å². The van der Waals surface area contributed by atoms with Gasteiger partial charge in [0.2, 0.25) is 5.91 Å². The molecule has 2 aliphatic carbocycles. The van der Waals surface area contributed by atoms with Crippen molar-refractivity contribution in [2.24, 2.45) is 0 Å². The van der Waals surface area contributed by atoms with Gasteiger partial charge in [-0.05, 0) is 70.1 Å². The van der Waals surface area contributed by atoms with Gasteiger partial charge in [0.15, 0.2) is 0 Å². The van der Waals surface area contributed by atoms with Crippen molar-refractivity contribution >= 4 is 5.91 Å². The molecular weight excluding hydrogens is 278 g/mol. The van der Waals surface area contributed by atoms with E-state index in [0.717, 1.165) is 25.3 Å². The van der Waals surface area contributed by atoms with E-state index in [1.165, 1.54) is 0 Å². The molecule has 0 heterocycles. The quantitative estimate of drug-likeness (QED) is 0.614. The number of hydrogen-bond donors (Lipinski definition) is 1. The Kier molecular flexibility index (Phi) is 13.0. The maximum absolute atomic E-state index is 11.3. The van der Waals surface area contributed by atoms with Gasteiger partial charge in [0.1, 0.15) is 0 Å². The average Bonchev–Trinajstić information content (AvgIpc) is 3.04. The van der Waals surface area contributed by atoms with Crippen LogP contribution in [0.1, 0.15) is 26.2 Å². The Morgan fingerprint density at radius 2 is 1.53 bits per heavy atom. The van der Waals surface area contributed by atoms with Gasteiger partial charge >= 0.3 is 0 Å². The van der Waals surface area contributed by atoms with Crippen LogP contribution in [0.4, 0.5) is 0 Å². The van der Waals surface area contributed by atoms with Gasteiger partial charge in [-0.1, -0.05) is 13.3 Å². The Morgan fingerprint density at radius 1 is 1.00 bits per heavy atom. The summed E-state index contributed by atoms with van der Waals surface area (Å²) in [5.41, 5.74) is 0. The van der Waals surface area contributed by atoms with Crippen molar-refractivity contribution in [3.8, 4) is 0 Å². The van der Waals surface area contributed by atoms with Crippen molar-refractivity contribution in [2.45, 2.75) is 26.2 Å². The summed E-state index contributed by atoms with van der Waals surface area (Å²) in [4.78, 5) is 11.3. The normalized spacial score (nSPS) is 18.4. The molecule has 0 aromatic rings. The fourth-order valence-electron chi connectivity index (χ4n) is 1.50. The summed E-state index contributed by atoms with van der Waals surface area (Å²) in [7, 11) is 0. The molecule has 0 bridgehead atoms.